The Balaban J connectivity index is 1.36. The molecule has 8 heteroatoms. The molecule has 2 aromatic heterocycles. The molecule has 0 bridgehead atoms. The summed E-state index contributed by atoms with van der Waals surface area (Å²) in [5, 5.41) is 7.21. The van der Waals surface area contributed by atoms with Crippen LogP contribution in [0, 0.1) is 0 Å². The number of carbonyl (C=O) groups excluding carboxylic acids is 2. The number of alkyl halides is 1. The first-order valence-corrected chi connectivity index (χ1v) is 12.6. The maximum Gasteiger partial charge on any atom is 0.243 e. The molecule has 1 N–H and O–H groups in total. The van der Waals surface area contributed by atoms with Crippen molar-refractivity contribution in [1.82, 2.24) is 24.8 Å². The van der Waals surface area contributed by atoms with Crippen molar-refractivity contribution in [2.24, 2.45) is 0 Å². The first-order chi connectivity index (χ1) is 17.9. The van der Waals surface area contributed by atoms with Crippen LogP contribution in [0.25, 0.3) is 5.65 Å². The lowest BCUT2D eigenvalue weighted by molar-refractivity contribution is -0.138. The molecule has 0 spiro atoms. The Hall–Kier alpha value is -4.07. The topological polar surface area (TPSA) is 79.6 Å². The Morgan fingerprint density at radius 1 is 1.00 bits per heavy atom. The van der Waals surface area contributed by atoms with E-state index >= 15 is 0 Å². The molecule has 2 amide bonds. The molecule has 3 atom stereocenters. The summed E-state index contributed by atoms with van der Waals surface area (Å²) >= 11 is 0. The Morgan fingerprint density at radius 3 is 2.43 bits per heavy atom. The van der Waals surface area contributed by atoms with Gasteiger partial charge < -0.3 is 10.2 Å². The van der Waals surface area contributed by atoms with Gasteiger partial charge in [0.25, 0.3) is 0 Å². The molecule has 1 aliphatic heterocycles. The zero-order valence-electron chi connectivity index (χ0n) is 20.9. The minimum Gasteiger partial charge on any atom is -0.343 e. The molecule has 0 aliphatic carbocycles. The number of likely N-dealkylation sites (tertiary alicyclic amines) is 1. The van der Waals surface area contributed by atoms with E-state index in [1.807, 2.05) is 42.5 Å². The second-order valence-electron chi connectivity index (χ2n) is 9.85. The van der Waals surface area contributed by atoms with Crippen LogP contribution in [0.4, 0.5) is 4.39 Å². The van der Waals surface area contributed by atoms with Gasteiger partial charge in [0.15, 0.2) is 5.65 Å². The molecule has 1 saturated heterocycles. The lowest BCUT2D eigenvalue weighted by atomic mass is 9.95. The van der Waals surface area contributed by atoms with E-state index in [9.17, 15) is 14.0 Å². The van der Waals surface area contributed by atoms with Crippen LogP contribution in [0.1, 0.15) is 54.5 Å². The van der Waals surface area contributed by atoms with Gasteiger partial charge in [-0.2, -0.15) is 5.10 Å². The molecular weight excluding hydrogens is 469 g/mol. The van der Waals surface area contributed by atoms with Gasteiger partial charge in [-0.1, -0.05) is 74.5 Å². The number of fused-ring (bicyclic) bond motifs is 1. The Morgan fingerprint density at radius 2 is 1.70 bits per heavy atom. The molecule has 37 heavy (non-hydrogen) atoms. The highest BCUT2D eigenvalue weighted by Crippen LogP contribution is 2.27. The zero-order valence-corrected chi connectivity index (χ0v) is 20.9. The first-order valence-electron chi connectivity index (χ1n) is 12.6. The van der Waals surface area contributed by atoms with Crippen molar-refractivity contribution >= 4 is 17.5 Å². The summed E-state index contributed by atoms with van der Waals surface area (Å²) in [6.07, 6.45) is 1.94. The minimum absolute atomic E-state index is 0.0204. The second-order valence-corrected chi connectivity index (χ2v) is 9.85. The highest BCUT2D eigenvalue weighted by atomic mass is 19.1. The Labute approximate surface area is 215 Å². The molecule has 0 saturated carbocycles. The molecular formula is C29H30FN5O2. The second kappa shape index (κ2) is 10.5. The van der Waals surface area contributed by atoms with E-state index in [4.69, 9.17) is 0 Å². The van der Waals surface area contributed by atoms with E-state index in [1.54, 1.807) is 22.8 Å². The van der Waals surface area contributed by atoms with Crippen LogP contribution in [0.15, 0.2) is 79.3 Å². The van der Waals surface area contributed by atoms with Crippen molar-refractivity contribution in [3.63, 3.8) is 0 Å². The molecule has 190 valence electrons. The lowest BCUT2D eigenvalue weighted by Crippen LogP contribution is -2.47. The molecule has 2 aromatic carbocycles. The van der Waals surface area contributed by atoms with Gasteiger partial charge in [0.2, 0.25) is 11.8 Å². The zero-order chi connectivity index (χ0) is 25.9. The van der Waals surface area contributed by atoms with Gasteiger partial charge in [-0.25, -0.2) is 13.9 Å². The molecule has 5 rings (SSSR count). The standard InChI is InChI=1S/C29H30FN5O2/c1-19(2)21-9-11-23(12-10-21)28(22-6-4-3-5-7-22)33-29(37)25-15-24(30)17-34(25)27(36)14-20-8-13-26-31-18-32-35(26)16-20/h3-13,16,18-19,24-25,28H,14-15,17H2,1-2H3,(H,33,37). The van der Waals surface area contributed by atoms with Gasteiger partial charge in [-0.05, 0) is 34.2 Å². The summed E-state index contributed by atoms with van der Waals surface area (Å²) in [4.78, 5) is 32.2. The van der Waals surface area contributed by atoms with Gasteiger partial charge >= 0.3 is 0 Å². The van der Waals surface area contributed by atoms with Crippen LogP contribution in [0.3, 0.4) is 0 Å². The number of nitrogens with zero attached hydrogens (tertiary/aromatic N) is 4. The molecule has 3 heterocycles. The normalized spacial score (nSPS) is 18.3. The fourth-order valence-electron chi connectivity index (χ4n) is 4.87. The molecule has 1 aliphatic rings. The molecule has 4 aromatic rings. The third kappa shape index (κ3) is 5.38. The maximum atomic E-state index is 14.6. The summed E-state index contributed by atoms with van der Waals surface area (Å²) in [6, 6.07) is 20.1. The van der Waals surface area contributed by atoms with Crippen LogP contribution in [0.5, 0.6) is 0 Å². The number of rotatable bonds is 7. The summed E-state index contributed by atoms with van der Waals surface area (Å²) < 4.78 is 16.1. The van der Waals surface area contributed by atoms with Gasteiger partial charge in [0.05, 0.1) is 19.0 Å². The van der Waals surface area contributed by atoms with Crippen molar-refractivity contribution in [3.05, 3.63) is 102 Å². The van der Waals surface area contributed by atoms with E-state index in [0.29, 0.717) is 11.6 Å². The highest BCUT2D eigenvalue weighted by molar-refractivity contribution is 5.89. The molecule has 7 nitrogen and oxygen atoms in total. The third-order valence-corrected chi connectivity index (χ3v) is 6.92. The fourth-order valence-corrected chi connectivity index (χ4v) is 4.87. The van der Waals surface area contributed by atoms with Crippen molar-refractivity contribution in [3.8, 4) is 0 Å². The number of amides is 2. The highest BCUT2D eigenvalue weighted by Gasteiger charge is 2.40. The molecule has 3 unspecified atom stereocenters. The van der Waals surface area contributed by atoms with Crippen molar-refractivity contribution < 1.29 is 14.0 Å². The Kier molecular flexibility index (Phi) is 6.99. The number of aromatic nitrogens is 3. The number of pyridine rings is 1. The van der Waals surface area contributed by atoms with Gasteiger partial charge in [-0.15, -0.1) is 0 Å². The van der Waals surface area contributed by atoms with E-state index < -0.39 is 18.3 Å². The van der Waals surface area contributed by atoms with Gasteiger partial charge in [0.1, 0.15) is 18.5 Å². The number of nitrogens with one attached hydrogen (secondary N) is 1. The largest absolute Gasteiger partial charge is 0.343 e. The van der Waals surface area contributed by atoms with E-state index in [1.165, 1.54) is 16.8 Å². The average molecular weight is 500 g/mol. The van der Waals surface area contributed by atoms with E-state index in [0.717, 1.165) is 16.7 Å². The van der Waals surface area contributed by atoms with Gasteiger partial charge in [-0.3, -0.25) is 9.59 Å². The van der Waals surface area contributed by atoms with Crippen molar-refractivity contribution in [1.29, 1.82) is 0 Å². The molecule has 1 fully saturated rings. The van der Waals surface area contributed by atoms with Crippen LogP contribution in [-0.2, 0) is 16.0 Å². The number of carbonyl (C=O) groups is 2. The first kappa shape index (κ1) is 24.6. The van der Waals surface area contributed by atoms with Crippen LogP contribution < -0.4 is 5.32 Å². The average Bonchev–Trinajstić information content (AvgIpc) is 3.54. The van der Waals surface area contributed by atoms with Gasteiger partial charge in [0, 0.05) is 12.6 Å². The monoisotopic (exact) mass is 499 g/mol. The van der Waals surface area contributed by atoms with Crippen LogP contribution >= 0.6 is 0 Å². The Bertz CT molecular complexity index is 1390. The predicted octanol–water partition coefficient (Wildman–Crippen LogP) is 4.24. The van der Waals surface area contributed by atoms with E-state index in [-0.39, 0.29) is 31.2 Å². The minimum atomic E-state index is -1.25. The third-order valence-electron chi connectivity index (χ3n) is 6.92. The SMILES string of the molecule is CC(C)c1ccc(C(NC(=O)C2CC(F)CN2C(=O)Cc2ccc3ncnn3c2)c2ccccc2)cc1. The number of hydrogen-bond donors (Lipinski definition) is 1. The number of halogens is 1. The number of hydrogen-bond acceptors (Lipinski definition) is 4. The summed E-state index contributed by atoms with van der Waals surface area (Å²) in [6.45, 7) is 4.17. The maximum absolute atomic E-state index is 14.6. The summed E-state index contributed by atoms with van der Waals surface area (Å²) in [7, 11) is 0. The fraction of sp³-hybridized carbons (Fsp3) is 0.310. The van der Waals surface area contributed by atoms with E-state index in [2.05, 4.69) is 41.4 Å². The summed E-state index contributed by atoms with van der Waals surface area (Å²) in [5.74, 6) is -0.261. The predicted molar refractivity (Wildman–Crippen MR) is 139 cm³/mol. The van der Waals surface area contributed by atoms with Crippen LogP contribution in [0.2, 0.25) is 0 Å². The quantitative estimate of drug-likeness (QED) is 0.413. The molecule has 0 radical (unpaired) electrons. The van der Waals surface area contributed by atoms with Crippen molar-refractivity contribution in [2.75, 3.05) is 6.54 Å². The smallest absolute Gasteiger partial charge is 0.243 e. The van der Waals surface area contributed by atoms with Crippen molar-refractivity contribution in [2.45, 2.75) is 50.9 Å². The lowest BCUT2D eigenvalue weighted by Gasteiger charge is -2.27. The summed E-state index contributed by atoms with van der Waals surface area (Å²) in [5.41, 5.74) is 4.45. The number of benzene rings is 2. The van der Waals surface area contributed by atoms with Crippen LogP contribution in [-0.4, -0.2) is 50.1 Å².